The summed E-state index contributed by atoms with van der Waals surface area (Å²) in [6.45, 7) is 3.38. The maximum Gasteiger partial charge on any atom is 0.152 e. The Balaban J connectivity index is 2.39. The molecule has 0 aliphatic carbocycles. The molecule has 0 spiro atoms. The van der Waals surface area contributed by atoms with Crippen LogP contribution >= 0.6 is 0 Å². The number of ether oxygens (including phenoxy) is 1. The molecule has 12 heavy (non-hydrogen) atoms. The number of Topliss-reactive ketones (excluding diaryl/α,β-unsaturated/α-hetero) is 1. The Morgan fingerprint density at radius 1 is 1.58 bits per heavy atom. The molecule has 1 saturated heterocycles. The van der Waals surface area contributed by atoms with E-state index in [0.717, 1.165) is 19.3 Å². The van der Waals surface area contributed by atoms with Crippen molar-refractivity contribution in [2.24, 2.45) is 11.7 Å². The topological polar surface area (TPSA) is 52.3 Å². The molecule has 3 heteroatoms. The van der Waals surface area contributed by atoms with Gasteiger partial charge >= 0.3 is 0 Å². The van der Waals surface area contributed by atoms with Crippen LogP contribution in [0.3, 0.4) is 0 Å². The quantitative estimate of drug-likeness (QED) is 0.680. The van der Waals surface area contributed by atoms with E-state index in [9.17, 15) is 4.79 Å². The van der Waals surface area contributed by atoms with Crippen LogP contribution in [0, 0.1) is 5.92 Å². The normalized spacial score (nSPS) is 22.2. The smallest absolute Gasteiger partial charge is 0.152 e. The van der Waals surface area contributed by atoms with E-state index in [4.69, 9.17) is 10.5 Å². The van der Waals surface area contributed by atoms with Crippen molar-refractivity contribution in [1.82, 2.24) is 0 Å². The zero-order valence-corrected chi connectivity index (χ0v) is 7.58. The number of nitrogens with two attached hydrogens (primary N) is 1. The largest absolute Gasteiger partial charge is 0.381 e. The van der Waals surface area contributed by atoms with Gasteiger partial charge in [0.2, 0.25) is 0 Å². The summed E-state index contributed by atoms with van der Waals surface area (Å²) in [5.41, 5.74) is 5.66. The van der Waals surface area contributed by atoms with Gasteiger partial charge in [0.25, 0.3) is 0 Å². The van der Waals surface area contributed by atoms with Gasteiger partial charge in [0, 0.05) is 19.1 Å². The second-order valence-corrected chi connectivity index (χ2v) is 3.30. The fourth-order valence-electron chi connectivity index (χ4n) is 1.49. The lowest BCUT2D eigenvalue weighted by molar-refractivity contribution is -0.127. The SMILES string of the molecule is CCC(N)C(=O)C1CCOCC1. The van der Waals surface area contributed by atoms with E-state index < -0.39 is 0 Å². The maximum atomic E-state index is 11.5. The number of ketones is 1. The minimum Gasteiger partial charge on any atom is -0.381 e. The first-order chi connectivity index (χ1) is 5.75. The lowest BCUT2D eigenvalue weighted by atomic mass is 9.90. The average molecular weight is 171 g/mol. The zero-order valence-electron chi connectivity index (χ0n) is 7.58. The van der Waals surface area contributed by atoms with Gasteiger partial charge in [-0.3, -0.25) is 4.79 Å². The van der Waals surface area contributed by atoms with Gasteiger partial charge in [-0.2, -0.15) is 0 Å². The molecular formula is C9H17NO2. The van der Waals surface area contributed by atoms with Gasteiger partial charge in [-0.1, -0.05) is 6.92 Å². The summed E-state index contributed by atoms with van der Waals surface area (Å²) >= 11 is 0. The number of hydrogen-bond acceptors (Lipinski definition) is 3. The fourth-order valence-corrected chi connectivity index (χ4v) is 1.49. The lowest BCUT2D eigenvalue weighted by Crippen LogP contribution is -2.37. The molecule has 0 radical (unpaired) electrons. The van der Waals surface area contributed by atoms with E-state index in [1.54, 1.807) is 0 Å². The third kappa shape index (κ3) is 2.29. The summed E-state index contributed by atoms with van der Waals surface area (Å²) in [6.07, 6.45) is 2.45. The number of hydrogen-bond donors (Lipinski definition) is 1. The first kappa shape index (κ1) is 9.68. The molecule has 0 amide bonds. The van der Waals surface area contributed by atoms with Crippen LogP contribution in [0.4, 0.5) is 0 Å². The second kappa shape index (κ2) is 4.58. The molecule has 2 N–H and O–H groups in total. The Labute approximate surface area is 73.3 Å². The van der Waals surface area contributed by atoms with Crippen molar-refractivity contribution in [3.8, 4) is 0 Å². The molecule has 3 nitrogen and oxygen atoms in total. The Kier molecular flexibility index (Phi) is 3.69. The van der Waals surface area contributed by atoms with E-state index in [-0.39, 0.29) is 17.7 Å². The highest BCUT2D eigenvalue weighted by Crippen LogP contribution is 2.17. The molecule has 1 aliphatic rings. The van der Waals surface area contributed by atoms with E-state index in [2.05, 4.69) is 0 Å². The highest BCUT2D eigenvalue weighted by Gasteiger charge is 2.24. The van der Waals surface area contributed by atoms with Crippen LogP contribution in [0.5, 0.6) is 0 Å². The van der Waals surface area contributed by atoms with Crippen molar-refractivity contribution >= 4 is 5.78 Å². The van der Waals surface area contributed by atoms with E-state index in [1.807, 2.05) is 6.92 Å². The highest BCUT2D eigenvalue weighted by atomic mass is 16.5. The second-order valence-electron chi connectivity index (χ2n) is 3.30. The summed E-state index contributed by atoms with van der Waals surface area (Å²) in [4.78, 5) is 11.5. The predicted octanol–water partition coefficient (Wildman–Crippen LogP) is 0.719. The predicted molar refractivity (Wildman–Crippen MR) is 46.8 cm³/mol. The van der Waals surface area contributed by atoms with Crippen molar-refractivity contribution in [3.63, 3.8) is 0 Å². The molecule has 1 rings (SSSR count). The number of rotatable bonds is 3. The summed E-state index contributed by atoms with van der Waals surface area (Å²) in [7, 11) is 0. The molecule has 0 saturated carbocycles. The van der Waals surface area contributed by atoms with Gasteiger partial charge in [-0.05, 0) is 19.3 Å². The Morgan fingerprint density at radius 2 is 2.17 bits per heavy atom. The van der Waals surface area contributed by atoms with Gasteiger partial charge in [-0.15, -0.1) is 0 Å². The Morgan fingerprint density at radius 3 is 2.67 bits per heavy atom. The Hall–Kier alpha value is -0.410. The lowest BCUT2D eigenvalue weighted by Gasteiger charge is -2.22. The molecule has 1 unspecified atom stereocenters. The standard InChI is InChI=1S/C9H17NO2/c1-2-8(10)9(11)7-3-5-12-6-4-7/h7-8H,2-6,10H2,1H3. The molecule has 0 bridgehead atoms. The molecule has 0 aromatic heterocycles. The van der Waals surface area contributed by atoms with E-state index in [1.165, 1.54) is 0 Å². The van der Waals surface area contributed by atoms with Gasteiger partial charge in [0.15, 0.2) is 5.78 Å². The van der Waals surface area contributed by atoms with Crippen LogP contribution < -0.4 is 5.73 Å². The van der Waals surface area contributed by atoms with E-state index >= 15 is 0 Å². The van der Waals surface area contributed by atoms with Crippen LogP contribution in [-0.4, -0.2) is 25.0 Å². The number of carbonyl (C=O) groups excluding carboxylic acids is 1. The summed E-state index contributed by atoms with van der Waals surface area (Å²) in [5, 5.41) is 0. The highest BCUT2D eigenvalue weighted by molar-refractivity contribution is 5.86. The monoisotopic (exact) mass is 171 g/mol. The Bertz CT molecular complexity index is 153. The molecule has 1 atom stereocenters. The van der Waals surface area contributed by atoms with Gasteiger partial charge in [0.05, 0.1) is 6.04 Å². The van der Waals surface area contributed by atoms with Crippen LogP contribution in [0.1, 0.15) is 26.2 Å². The van der Waals surface area contributed by atoms with Gasteiger partial charge in [-0.25, -0.2) is 0 Å². The molecule has 1 fully saturated rings. The van der Waals surface area contributed by atoms with Crippen molar-refractivity contribution in [1.29, 1.82) is 0 Å². The molecule has 70 valence electrons. The molecule has 1 aliphatic heterocycles. The maximum absolute atomic E-state index is 11.5. The summed E-state index contributed by atoms with van der Waals surface area (Å²) < 4.78 is 5.17. The van der Waals surface area contributed by atoms with Crippen molar-refractivity contribution < 1.29 is 9.53 Å². The molecular weight excluding hydrogens is 154 g/mol. The van der Waals surface area contributed by atoms with Crippen molar-refractivity contribution in [3.05, 3.63) is 0 Å². The molecule has 1 heterocycles. The van der Waals surface area contributed by atoms with Crippen LogP contribution in [0.15, 0.2) is 0 Å². The fraction of sp³-hybridized carbons (Fsp3) is 0.889. The number of carbonyl (C=O) groups is 1. The third-order valence-corrected chi connectivity index (χ3v) is 2.43. The minimum absolute atomic E-state index is 0.161. The summed E-state index contributed by atoms with van der Waals surface area (Å²) in [5.74, 6) is 0.384. The van der Waals surface area contributed by atoms with Crippen LogP contribution in [0.2, 0.25) is 0 Å². The van der Waals surface area contributed by atoms with Crippen molar-refractivity contribution in [2.75, 3.05) is 13.2 Å². The average Bonchev–Trinajstić information content (AvgIpc) is 2.17. The van der Waals surface area contributed by atoms with Crippen LogP contribution in [0.25, 0.3) is 0 Å². The first-order valence-electron chi connectivity index (χ1n) is 4.62. The minimum atomic E-state index is -0.256. The molecule has 0 aromatic carbocycles. The van der Waals surface area contributed by atoms with E-state index in [0.29, 0.717) is 13.2 Å². The summed E-state index contributed by atoms with van der Waals surface area (Å²) in [6, 6.07) is -0.256. The zero-order chi connectivity index (χ0) is 8.97. The third-order valence-electron chi connectivity index (χ3n) is 2.43. The molecule has 0 aromatic rings. The van der Waals surface area contributed by atoms with Gasteiger partial charge < -0.3 is 10.5 Å². The van der Waals surface area contributed by atoms with Gasteiger partial charge in [0.1, 0.15) is 0 Å². The first-order valence-corrected chi connectivity index (χ1v) is 4.62. The van der Waals surface area contributed by atoms with Crippen molar-refractivity contribution in [2.45, 2.75) is 32.2 Å². The van der Waals surface area contributed by atoms with Crippen LogP contribution in [-0.2, 0) is 9.53 Å².